The highest BCUT2D eigenvalue weighted by Gasteiger charge is 2.11. The molecular weight excluding hydrogens is 232 g/mol. The molecule has 0 aliphatic heterocycles. The average molecular weight is 254 g/mol. The summed E-state index contributed by atoms with van der Waals surface area (Å²) < 4.78 is 5.27. The minimum absolute atomic E-state index is 0.0484. The van der Waals surface area contributed by atoms with E-state index >= 15 is 0 Å². The van der Waals surface area contributed by atoms with Gasteiger partial charge in [-0.05, 0) is 13.8 Å². The molecule has 0 aliphatic carbocycles. The van der Waals surface area contributed by atoms with E-state index in [1.807, 2.05) is 6.92 Å². The van der Waals surface area contributed by atoms with Gasteiger partial charge in [0.1, 0.15) is 11.6 Å². The number of aliphatic hydroxyl groups excluding tert-OH is 1. The van der Waals surface area contributed by atoms with Crippen molar-refractivity contribution in [1.29, 1.82) is 0 Å². The van der Waals surface area contributed by atoms with E-state index in [0.717, 1.165) is 30.3 Å². The number of anilines is 1. The molecule has 6 heteroatoms. The summed E-state index contributed by atoms with van der Waals surface area (Å²) in [5, 5.41) is 8.65. The van der Waals surface area contributed by atoms with Crippen molar-refractivity contribution in [3.63, 3.8) is 0 Å². The molecule has 18 heavy (non-hydrogen) atoms. The van der Waals surface area contributed by atoms with Crippen LogP contribution < -0.4 is 10.6 Å². The van der Waals surface area contributed by atoms with Gasteiger partial charge in [-0.2, -0.15) is 0 Å². The van der Waals surface area contributed by atoms with Crippen LogP contribution in [0.2, 0.25) is 0 Å². The van der Waals surface area contributed by atoms with Crippen molar-refractivity contribution in [2.24, 2.45) is 5.73 Å². The Kier molecular flexibility index (Phi) is 6.56. The predicted octanol–water partition coefficient (Wildman–Crippen LogP) is 0.0789. The van der Waals surface area contributed by atoms with Gasteiger partial charge in [0.15, 0.2) is 0 Å². The van der Waals surface area contributed by atoms with Gasteiger partial charge in [0.2, 0.25) is 0 Å². The van der Waals surface area contributed by atoms with E-state index in [9.17, 15) is 0 Å². The van der Waals surface area contributed by atoms with Crippen LogP contribution in [-0.2, 0) is 11.3 Å². The van der Waals surface area contributed by atoms with Crippen molar-refractivity contribution in [2.75, 3.05) is 37.8 Å². The lowest BCUT2D eigenvalue weighted by Gasteiger charge is -2.24. The molecule has 1 aromatic heterocycles. The SMILES string of the molecule is CCN(CCOCCO)c1nc(C)ncc1CN. The topological polar surface area (TPSA) is 84.5 Å². The van der Waals surface area contributed by atoms with E-state index in [1.165, 1.54) is 0 Å². The molecule has 0 fully saturated rings. The summed E-state index contributed by atoms with van der Waals surface area (Å²) in [6, 6.07) is 0. The van der Waals surface area contributed by atoms with Crippen LogP contribution in [-0.4, -0.2) is 48.0 Å². The molecule has 0 amide bonds. The molecule has 0 aliphatic rings. The van der Waals surface area contributed by atoms with Gasteiger partial charge in [-0.3, -0.25) is 0 Å². The maximum Gasteiger partial charge on any atom is 0.136 e. The highest BCUT2D eigenvalue weighted by Crippen LogP contribution is 2.16. The zero-order valence-corrected chi connectivity index (χ0v) is 11.1. The number of nitrogens with zero attached hydrogens (tertiary/aromatic N) is 3. The number of ether oxygens (including phenoxy) is 1. The molecule has 102 valence electrons. The number of aromatic nitrogens is 2. The predicted molar refractivity (Wildman–Crippen MR) is 70.5 cm³/mol. The van der Waals surface area contributed by atoms with Crippen LogP contribution in [0.15, 0.2) is 6.20 Å². The fraction of sp³-hybridized carbons (Fsp3) is 0.667. The van der Waals surface area contributed by atoms with Crippen molar-refractivity contribution < 1.29 is 9.84 Å². The molecule has 0 radical (unpaired) electrons. The van der Waals surface area contributed by atoms with E-state index in [0.29, 0.717) is 19.8 Å². The van der Waals surface area contributed by atoms with Crippen molar-refractivity contribution in [1.82, 2.24) is 9.97 Å². The van der Waals surface area contributed by atoms with Crippen LogP contribution >= 0.6 is 0 Å². The minimum atomic E-state index is 0.0484. The molecule has 0 aromatic carbocycles. The Morgan fingerprint density at radius 2 is 2.22 bits per heavy atom. The van der Waals surface area contributed by atoms with E-state index in [1.54, 1.807) is 6.20 Å². The average Bonchev–Trinajstić information content (AvgIpc) is 2.39. The number of aliphatic hydroxyl groups is 1. The molecule has 1 rings (SSSR count). The summed E-state index contributed by atoms with van der Waals surface area (Å²) in [6.07, 6.45) is 1.77. The van der Waals surface area contributed by atoms with Crippen molar-refractivity contribution in [2.45, 2.75) is 20.4 Å². The second-order valence-corrected chi connectivity index (χ2v) is 3.89. The van der Waals surface area contributed by atoms with Crippen molar-refractivity contribution in [3.8, 4) is 0 Å². The number of hydrogen-bond donors (Lipinski definition) is 2. The van der Waals surface area contributed by atoms with Gasteiger partial charge in [-0.25, -0.2) is 9.97 Å². The highest BCUT2D eigenvalue weighted by atomic mass is 16.5. The molecule has 3 N–H and O–H groups in total. The van der Waals surface area contributed by atoms with Gasteiger partial charge in [-0.15, -0.1) is 0 Å². The van der Waals surface area contributed by atoms with Gasteiger partial charge in [0.25, 0.3) is 0 Å². The number of hydrogen-bond acceptors (Lipinski definition) is 6. The van der Waals surface area contributed by atoms with E-state index in [4.69, 9.17) is 15.6 Å². The largest absolute Gasteiger partial charge is 0.394 e. The molecule has 6 nitrogen and oxygen atoms in total. The summed E-state index contributed by atoms with van der Waals surface area (Å²) in [7, 11) is 0. The third-order valence-electron chi connectivity index (χ3n) is 2.60. The summed E-state index contributed by atoms with van der Waals surface area (Å²) in [5.74, 6) is 1.61. The second kappa shape index (κ2) is 7.97. The number of nitrogens with two attached hydrogens (primary N) is 1. The van der Waals surface area contributed by atoms with Crippen LogP contribution in [0, 0.1) is 6.92 Å². The van der Waals surface area contributed by atoms with Crippen LogP contribution in [0.25, 0.3) is 0 Å². The van der Waals surface area contributed by atoms with Crippen LogP contribution in [0.1, 0.15) is 18.3 Å². The third-order valence-corrected chi connectivity index (χ3v) is 2.60. The highest BCUT2D eigenvalue weighted by molar-refractivity contribution is 5.45. The Balaban J connectivity index is 2.71. The fourth-order valence-corrected chi connectivity index (χ4v) is 1.66. The molecule has 0 atom stereocenters. The number of likely N-dealkylation sites (N-methyl/N-ethyl adjacent to an activating group) is 1. The summed E-state index contributed by atoms with van der Waals surface area (Å²) in [6.45, 7) is 6.86. The lowest BCUT2D eigenvalue weighted by atomic mass is 10.2. The van der Waals surface area contributed by atoms with E-state index in [-0.39, 0.29) is 6.61 Å². The first-order valence-electron chi connectivity index (χ1n) is 6.19. The third kappa shape index (κ3) is 4.21. The standard InChI is InChI=1S/C12H22N4O2/c1-3-16(4-6-18-7-5-17)12-11(8-13)9-14-10(2)15-12/h9,17H,3-8,13H2,1-2H3. The molecule has 0 spiro atoms. The Morgan fingerprint density at radius 3 is 2.83 bits per heavy atom. The van der Waals surface area contributed by atoms with Gasteiger partial charge >= 0.3 is 0 Å². The zero-order valence-electron chi connectivity index (χ0n) is 11.1. The van der Waals surface area contributed by atoms with Gasteiger partial charge in [-0.1, -0.05) is 0 Å². The van der Waals surface area contributed by atoms with Crippen LogP contribution in [0.3, 0.4) is 0 Å². The minimum Gasteiger partial charge on any atom is -0.394 e. The van der Waals surface area contributed by atoms with E-state index in [2.05, 4.69) is 21.8 Å². The number of aryl methyl sites for hydroxylation is 1. The lowest BCUT2D eigenvalue weighted by molar-refractivity contribution is 0.0967. The molecule has 1 aromatic rings. The Bertz CT molecular complexity index is 360. The van der Waals surface area contributed by atoms with Crippen molar-refractivity contribution in [3.05, 3.63) is 17.6 Å². The quantitative estimate of drug-likeness (QED) is 0.639. The first-order valence-corrected chi connectivity index (χ1v) is 6.19. The Labute approximate surface area is 108 Å². The van der Waals surface area contributed by atoms with Crippen molar-refractivity contribution >= 4 is 5.82 Å². The Hall–Kier alpha value is -1.24. The first-order chi connectivity index (χ1) is 8.72. The monoisotopic (exact) mass is 254 g/mol. The molecule has 0 saturated heterocycles. The molecule has 0 bridgehead atoms. The normalized spacial score (nSPS) is 10.7. The van der Waals surface area contributed by atoms with Crippen LogP contribution in [0.4, 0.5) is 5.82 Å². The maximum atomic E-state index is 8.65. The molecule has 0 saturated carbocycles. The summed E-state index contributed by atoms with van der Waals surface area (Å²) >= 11 is 0. The Morgan fingerprint density at radius 1 is 1.44 bits per heavy atom. The molecule has 1 heterocycles. The van der Waals surface area contributed by atoms with E-state index < -0.39 is 0 Å². The van der Waals surface area contributed by atoms with Crippen LogP contribution in [0.5, 0.6) is 0 Å². The number of rotatable bonds is 8. The second-order valence-electron chi connectivity index (χ2n) is 3.89. The van der Waals surface area contributed by atoms with Gasteiger partial charge in [0, 0.05) is 31.4 Å². The summed E-state index contributed by atoms with van der Waals surface area (Å²) in [5.41, 5.74) is 6.63. The maximum absolute atomic E-state index is 8.65. The zero-order chi connectivity index (χ0) is 13.4. The van der Waals surface area contributed by atoms with Gasteiger partial charge in [0.05, 0.1) is 19.8 Å². The first kappa shape index (κ1) is 14.8. The van der Waals surface area contributed by atoms with Gasteiger partial charge < -0.3 is 20.5 Å². The lowest BCUT2D eigenvalue weighted by Crippen LogP contribution is -2.30. The molecule has 0 unspecified atom stereocenters. The fourth-order valence-electron chi connectivity index (χ4n) is 1.66. The summed E-state index contributed by atoms with van der Waals surface area (Å²) in [4.78, 5) is 10.7. The molecular formula is C12H22N4O2. The smallest absolute Gasteiger partial charge is 0.136 e.